The standard InChI is InChI=1S/C19H28FN3O9/c1-3-5-7-30-16(27)19(14(26)13(25)12(10-24)32-19)23-9-11(20)15(21-17(23)28)22-18(29)31-8-6-4-2/h9,12-14,24-26H,3-8,10H2,1-2H3,(H,21,22,28,29)/t12-,13-,14-,19+/m1/s1. The monoisotopic (exact) mass is 461 g/mol. The van der Waals surface area contributed by atoms with Gasteiger partial charge in [0.2, 0.25) is 0 Å². The molecule has 0 bridgehead atoms. The van der Waals surface area contributed by atoms with Gasteiger partial charge in [0, 0.05) is 0 Å². The summed E-state index contributed by atoms with van der Waals surface area (Å²) in [6.45, 7) is 2.88. The third kappa shape index (κ3) is 5.23. The highest BCUT2D eigenvalue weighted by Gasteiger charge is 2.62. The van der Waals surface area contributed by atoms with Crippen LogP contribution < -0.4 is 11.0 Å². The zero-order valence-corrected chi connectivity index (χ0v) is 17.8. The molecule has 1 aliphatic heterocycles. The number of rotatable bonds is 10. The Morgan fingerprint density at radius 2 is 1.88 bits per heavy atom. The first kappa shape index (κ1) is 25.6. The Bertz CT molecular complexity index is 865. The van der Waals surface area contributed by atoms with E-state index in [2.05, 4.69) is 4.98 Å². The quantitative estimate of drug-likeness (QED) is 0.271. The fraction of sp³-hybridized carbons (Fsp3) is 0.684. The fourth-order valence-corrected chi connectivity index (χ4v) is 3.03. The zero-order chi connectivity index (χ0) is 23.9. The molecule has 1 fully saturated rings. The number of ether oxygens (including phenoxy) is 3. The van der Waals surface area contributed by atoms with Gasteiger partial charge in [0.05, 0.1) is 26.0 Å². The van der Waals surface area contributed by atoms with Crippen molar-refractivity contribution in [1.29, 1.82) is 0 Å². The number of aliphatic hydroxyl groups is 3. The molecule has 180 valence electrons. The van der Waals surface area contributed by atoms with E-state index in [0.29, 0.717) is 30.0 Å². The molecule has 0 aromatic carbocycles. The number of carbonyl (C=O) groups excluding carboxylic acids is 2. The van der Waals surface area contributed by atoms with Crippen LogP contribution >= 0.6 is 0 Å². The SMILES string of the molecule is CCCCOC(=O)Nc1nc(=O)n([C@]2(C(=O)OCCCC)O[C@H](CO)[C@@H](O)[C@H]2O)cc1F. The number of unbranched alkanes of at least 4 members (excludes halogenated alkanes) is 2. The smallest absolute Gasteiger partial charge is 0.412 e. The number of hydrogen-bond acceptors (Lipinski definition) is 10. The normalized spacial score (nSPS) is 24.9. The van der Waals surface area contributed by atoms with Crippen molar-refractivity contribution in [1.82, 2.24) is 9.55 Å². The molecule has 0 unspecified atom stereocenters. The van der Waals surface area contributed by atoms with E-state index < -0.39 is 60.0 Å². The molecule has 1 aromatic heterocycles. The van der Waals surface area contributed by atoms with Gasteiger partial charge in [-0.05, 0) is 12.8 Å². The Morgan fingerprint density at radius 3 is 2.44 bits per heavy atom. The van der Waals surface area contributed by atoms with Crippen LogP contribution in [0.2, 0.25) is 0 Å². The van der Waals surface area contributed by atoms with E-state index in [9.17, 15) is 34.1 Å². The number of hydrogen-bond donors (Lipinski definition) is 4. The Hall–Kier alpha value is -2.61. The topological polar surface area (TPSA) is 169 Å². The fourth-order valence-electron chi connectivity index (χ4n) is 3.03. The zero-order valence-electron chi connectivity index (χ0n) is 17.8. The minimum atomic E-state index is -2.70. The highest BCUT2D eigenvalue weighted by Crippen LogP contribution is 2.36. The van der Waals surface area contributed by atoms with E-state index >= 15 is 0 Å². The molecule has 0 aliphatic carbocycles. The maximum Gasteiger partial charge on any atom is 0.412 e. The third-order valence-electron chi connectivity index (χ3n) is 4.83. The van der Waals surface area contributed by atoms with Crippen LogP contribution in [0.4, 0.5) is 15.0 Å². The van der Waals surface area contributed by atoms with E-state index in [1.807, 2.05) is 19.2 Å². The molecule has 2 rings (SSSR count). The minimum Gasteiger partial charge on any atom is -0.462 e. The second-order valence-electron chi connectivity index (χ2n) is 7.16. The van der Waals surface area contributed by atoms with Crippen molar-refractivity contribution in [3.63, 3.8) is 0 Å². The Balaban J connectivity index is 2.42. The van der Waals surface area contributed by atoms with Crippen molar-refractivity contribution < 1.29 is 43.5 Å². The summed E-state index contributed by atoms with van der Waals surface area (Å²) < 4.78 is 30.2. The number of nitrogens with zero attached hydrogens (tertiary/aromatic N) is 2. The van der Waals surface area contributed by atoms with Crippen molar-refractivity contribution in [2.24, 2.45) is 0 Å². The number of carbonyl (C=O) groups is 2. The summed E-state index contributed by atoms with van der Waals surface area (Å²) in [6.07, 6.45) is -3.45. The Kier molecular flexibility index (Phi) is 9.07. The molecule has 0 spiro atoms. The van der Waals surface area contributed by atoms with Crippen molar-refractivity contribution in [3.8, 4) is 0 Å². The molecule has 1 amide bonds. The number of aliphatic hydroxyl groups excluding tert-OH is 3. The third-order valence-corrected chi connectivity index (χ3v) is 4.83. The maximum absolute atomic E-state index is 14.7. The first-order valence-electron chi connectivity index (χ1n) is 10.3. The van der Waals surface area contributed by atoms with E-state index in [-0.39, 0.29) is 13.2 Å². The Morgan fingerprint density at radius 1 is 1.25 bits per heavy atom. The van der Waals surface area contributed by atoms with E-state index in [1.165, 1.54) is 0 Å². The number of halogens is 1. The molecule has 1 aromatic rings. The average molecular weight is 461 g/mol. The van der Waals surface area contributed by atoms with Crippen molar-refractivity contribution in [2.75, 3.05) is 25.1 Å². The van der Waals surface area contributed by atoms with Gasteiger partial charge in [-0.25, -0.2) is 18.8 Å². The van der Waals surface area contributed by atoms with Crippen LogP contribution in [0.15, 0.2) is 11.0 Å². The predicted molar refractivity (Wildman–Crippen MR) is 106 cm³/mol. The molecule has 0 radical (unpaired) electrons. The van der Waals surface area contributed by atoms with Gasteiger partial charge < -0.3 is 29.5 Å². The van der Waals surface area contributed by atoms with Gasteiger partial charge in [-0.15, -0.1) is 0 Å². The van der Waals surface area contributed by atoms with Crippen LogP contribution in [-0.4, -0.2) is 75.1 Å². The maximum atomic E-state index is 14.7. The molecular formula is C19H28FN3O9. The summed E-state index contributed by atoms with van der Waals surface area (Å²) in [5.41, 5.74) is -4.00. The summed E-state index contributed by atoms with van der Waals surface area (Å²) in [5, 5.41) is 32.1. The molecule has 4 atom stereocenters. The highest BCUT2D eigenvalue weighted by molar-refractivity contribution is 5.83. The molecule has 1 saturated heterocycles. The largest absolute Gasteiger partial charge is 0.462 e. The molecule has 0 saturated carbocycles. The molecule has 13 heteroatoms. The lowest BCUT2D eigenvalue weighted by Gasteiger charge is -2.31. The van der Waals surface area contributed by atoms with Crippen LogP contribution in [0.3, 0.4) is 0 Å². The lowest BCUT2D eigenvalue weighted by atomic mass is 10.0. The first-order chi connectivity index (χ1) is 15.2. The molecule has 1 aliphatic rings. The number of anilines is 1. The van der Waals surface area contributed by atoms with Gasteiger partial charge in [0.15, 0.2) is 11.6 Å². The van der Waals surface area contributed by atoms with Gasteiger partial charge in [0.25, 0.3) is 5.72 Å². The summed E-state index contributed by atoms with van der Waals surface area (Å²) in [4.78, 5) is 40.6. The van der Waals surface area contributed by atoms with E-state index in [0.717, 1.165) is 6.42 Å². The molecule has 32 heavy (non-hydrogen) atoms. The van der Waals surface area contributed by atoms with Gasteiger partial charge in [-0.2, -0.15) is 4.98 Å². The lowest BCUT2D eigenvalue weighted by molar-refractivity contribution is -0.202. The molecule has 2 heterocycles. The second-order valence-corrected chi connectivity index (χ2v) is 7.16. The van der Waals surface area contributed by atoms with Crippen LogP contribution in [0.5, 0.6) is 0 Å². The molecule has 12 nitrogen and oxygen atoms in total. The molecular weight excluding hydrogens is 433 g/mol. The van der Waals surface area contributed by atoms with E-state index in [1.54, 1.807) is 0 Å². The average Bonchev–Trinajstić information content (AvgIpc) is 3.02. The highest BCUT2D eigenvalue weighted by atomic mass is 19.1. The van der Waals surface area contributed by atoms with Crippen LogP contribution in [-0.2, 0) is 24.7 Å². The summed E-state index contributed by atoms with van der Waals surface area (Å²) in [5.74, 6) is -3.30. The van der Waals surface area contributed by atoms with Gasteiger partial charge in [-0.3, -0.25) is 9.88 Å². The number of aromatic nitrogens is 2. The summed E-state index contributed by atoms with van der Waals surface area (Å²) >= 11 is 0. The van der Waals surface area contributed by atoms with Crippen LogP contribution in [0.25, 0.3) is 0 Å². The van der Waals surface area contributed by atoms with Crippen molar-refractivity contribution in [3.05, 3.63) is 22.5 Å². The van der Waals surface area contributed by atoms with Crippen LogP contribution in [0, 0.1) is 5.82 Å². The second kappa shape index (κ2) is 11.3. The predicted octanol–water partition coefficient (Wildman–Crippen LogP) is -0.160. The van der Waals surface area contributed by atoms with Crippen LogP contribution in [0.1, 0.15) is 39.5 Å². The van der Waals surface area contributed by atoms with Gasteiger partial charge in [-0.1, -0.05) is 26.7 Å². The van der Waals surface area contributed by atoms with Gasteiger partial charge in [0.1, 0.15) is 18.3 Å². The van der Waals surface area contributed by atoms with Crippen molar-refractivity contribution in [2.45, 2.75) is 63.6 Å². The van der Waals surface area contributed by atoms with E-state index in [4.69, 9.17) is 14.2 Å². The first-order valence-corrected chi connectivity index (χ1v) is 10.3. The summed E-state index contributed by atoms with van der Waals surface area (Å²) in [7, 11) is 0. The van der Waals surface area contributed by atoms with Gasteiger partial charge >= 0.3 is 17.8 Å². The number of nitrogens with one attached hydrogen (secondary N) is 1. The molecule has 4 N–H and O–H groups in total. The van der Waals surface area contributed by atoms with Crippen molar-refractivity contribution >= 4 is 17.9 Å². The minimum absolute atomic E-state index is 0.0776. The number of amides is 1. The summed E-state index contributed by atoms with van der Waals surface area (Å²) in [6, 6.07) is 0. The Labute approximate surface area is 182 Å². The lowest BCUT2D eigenvalue weighted by Crippen LogP contribution is -2.56. The number of esters is 1.